The van der Waals surface area contributed by atoms with Crippen LogP contribution in [0.4, 0.5) is 0 Å². The van der Waals surface area contributed by atoms with Crippen molar-refractivity contribution in [3.05, 3.63) is 70.3 Å². The molecule has 0 aliphatic carbocycles. The van der Waals surface area contributed by atoms with Gasteiger partial charge >= 0.3 is 0 Å². The summed E-state index contributed by atoms with van der Waals surface area (Å²) in [7, 11) is 0. The van der Waals surface area contributed by atoms with Crippen LogP contribution in [-0.2, 0) is 5.75 Å². The number of aromatic nitrogens is 1. The molecule has 0 aliphatic rings. The lowest BCUT2D eigenvalue weighted by Gasteiger charge is -2.06. The van der Waals surface area contributed by atoms with Gasteiger partial charge in [0.2, 0.25) is 0 Å². The predicted octanol–water partition coefficient (Wildman–Crippen LogP) is 5.60. The molecular formula is C17H14BrNS. The Kier molecular flexibility index (Phi) is 4.08. The Labute approximate surface area is 131 Å². The van der Waals surface area contributed by atoms with E-state index in [9.17, 15) is 0 Å². The summed E-state index contributed by atoms with van der Waals surface area (Å²) < 4.78 is 1.12. The van der Waals surface area contributed by atoms with Gasteiger partial charge in [-0.2, -0.15) is 0 Å². The van der Waals surface area contributed by atoms with Gasteiger partial charge in [-0.25, -0.2) is 0 Å². The number of rotatable bonds is 3. The van der Waals surface area contributed by atoms with Crippen LogP contribution in [0.15, 0.2) is 64.0 Å². The Balaban J connectivity index is 1.87. The first-order valence-corrected chi connectivity index (χ1v) is 8.24. The SMILES string of the molecule is Cc1ccc2cccc(SCc3ccc(Br)cc3)c2n1. The maximum atomic E-state index is 4.67. The lowest BCUT2D eigenvalue weighted by molar-refractivity contribution is 1.23. The van der Waals surface area contributed by atoms with Crippen LogP contribution in [0, 0.1) is 6.92 Å². The van der Waals surface area contributed by atoms with Gasteiger partial charge in [0.05, 0.1) is 5.52 Å². The first-order valence-electron chi connectivity index (χ1n) is 6.46. The quantitative estimate of drug-likeness (QED) is 0.574. The number of hydrogen-bond donors (Lipinski definition) is 0. The first-order chi connectivity index (χ1) is 9.72. The van der Waals surface area contributed by atoms with Crippen molar-refractivity contribution in [2.24, 2.45) is 0 Å². The van der Waals surface area contributed by atoms with Gasteiger partial charge in [-0.05, 0) is 36.8 Å². The number of benzene rings is 2. The average Bonchev–Trinajstić information content (AvgIpc) is 2.47. The van der Waals surface area contributed by atoms with Crippen LogP contribution < -0.4 is 0 Å². The molecule has 0 aliphatic heterocycles. The van der Waals surface area contributed by atoms with E-state index >= 15 is 0 Å². The fourth-order valence-corrected chi connectivity index (χ4v) is 3.33. The molecule has 1 nitrogen and oxygen atoms in total. The van der Waals surface area contributed by atoms with Crippen molar-refractivity contribution in [3.63, 3.8) is 0 Å². The Morgan fingerprint density at radius 2 is 1.80 bits per heavy atom. The monoisotopic (exact) mass is 343 g/mol. The molecule has 0 atom stereocenters. The highest BCUT2D eigenvalue weighted by atomic mass is 79.9. The third kappa shape index (κ3) is 3.05. The Bertz CT molecular complexity index is 738. The molecule has 3 rings (SSSR count). The molecule has 0 amide bonds. The van der Waals surface area contributed by atoms with Crippen molar-refractivity contribution < 1.29 is 0 Å². The molecule has 3 aromatic rings. The summed E-state index contributed by atoms with van der Waals surface area (Å²) in [6.07, 6.45) is 0. The zero-order chi connectivity index (χ0) is 13.9. The summed E-state index contributed by atoms with van der Waals surface area (Å²) in [5, 5.41) is 1.21. The normalized spacial score (nSPS) is 10.9. The van der Waals surface area contributed by atoms with E-state index in [1.54, 1.807) is 0 Å². The summed E-state index contributed by atoms with van der Waals surface area (Å²) in [5.41, 5.74) is 3.49. The van der Waals surface area contributed by atoms with Crippen molar-refractivity contribution in [2.75, 3.05) is 0 Å². The van der Waals surface area contributed by atoms with E-state index in [1.165, 1.54) is 15.8 Å². The van der Waals surface area contributed by atoms with E-state index in [0.29, 0.717) is 0 Å². The molecule has 0 saturated carbocycles. The molecule has 0 fully saturated rings. The molecule has 1 heterocycles. The Morgan fingerprint density at radius 3 is 2.60 bits per heavy atom. The van der Waals surface area contributed by atoms with E-state index in [-0.39, 0.29) is 0 Å². The average molecular weight is 344 g/mol. The summed E-state index contributed by atoms with van der Waals surface area (Å²) in [5.74, 6) is 0.960. The molecule has 20 heavy (non-hydrogen) atoms. The highest BCUT2D eigenvalue weighted by molar-refractivity contribution is 9.10. The third-order valence-electron chi connectivity index (χ3n) is 3.13. The van der Waals surface area contributed by atoms with Gasteiger partial charge in [0, 0.05) is 26.2 Å². The van der Waals surface area contributed by atoms with Gasteiger partial charge in [-0.1, -0.05) is 46.3 Å². The smallest absolute Gasteiger partial charge is 0.0840 e. The molecule has 0 saturated heterocycles. The number of thioether (sulfide) groups is 1. The molecule has 0 spiro atoms. The number of para-hydroxylation sites is 1. The number of hydrogen-bond acceptors (Lipinski definition) is 2. The van der Waals surface area contributed by atoms with Crippen molar-refractivity contribution in [1.29, 1.82) is 0 Å². The molecular weight excluding hydrogens is 330 g/mol. The third-order valence-corrected chi connectivity index (χ3v) is 4.78. The second-order valence-corrected chi connectivity index (χ2v) is 6.63. The predicted molar refractivity (Wildman–Crippen MR) is 90.2 cm³/mol. The number of nitrogens with zero attached hydrogens (tertiary/aromatic N) is 1. The summed E-state index contributed by atoms with van der Waals surface area (Å²) in [4.78, 5) is 5.92. The lowest BCUT2D eigenvalue weighted by Crippen LogP contribution is -1.87. The van der Waals surface area contributed by atoms with Gasteiger partial charge < -0.3 is 0 Å². The van der Waals surface area contributed by atoms with Crippen LogP contribution >= 0.6 is 27.7 Å². The minimum absolute atomic E-state index is 0.960. The number of halogens is 1. The highest BCUT2D eigenvalue weighted by Crippen LogP contribution is 2.29. The molecule has 100 valence electrons. The summed E-state index contributed by atoms with van der Waals surface area (Å²) >= 11 is 5.30. The Morgan fingerprint density at radius 1 is 1.00 bits per heavy atom. The topological polar surface area (TPSA) is 12.9 Å². The fraction of sp³-hybridized carbons (Fsp3) is 0.118. The summed E-state index contributed by atoms with van der Waals surface area (Å²) in [6, 6.07) is 19.0. The molecule has 1 aromatic heterocycles. The van der Waals surface area contributed by atoms with Crippen LogP contribution in [-0.4, -0.2) is 4.98 Å². The van der Waals surface area contributed by atoms with Crippen LogP contribution in [0.5, 0.6) is 0 Å². The van der Waals surface area contributed by atoms with Gasteiger partial charge in [0.1, 0.15) is 0 Å². The van der Waals surface area contributed by atoms with Crippen LogP contribution in [0.2, 0.25) is 0 Å². The maximum absolute atomic E-state index is 4.67. The van der Waals surface area contributed by atoms with Crippen molar-refractivity contribution >= 4 is 38.6 Å². The molecule has 3 heteroatoms. The highest BCUT2D eigenvalue weighted by Gasteiger charge is 2.04. The van der Waals surface area contributed by atoms with Gasteiger partial charge in [-0.15, -0.1) is 11.8 Å². The maximum Gasteiger partial charge on any atom is 0.0840 e. The minimum atomic E-state index is 0.960. The van der Waals surface area contributed by atoms with Gasteiger partial charge in [0.25, 0.3) is 0 Å². The standard InChI is InChI=1S/C17H14BrNS/c1-12-5-8-14-3-2-4-16(17(14)19-12)20-11-13-6-9-15(18)10-7-13/h2-10H,11H2,1H3. The van der Waals surface area contributed by atoms with Crippen molar-refractivity contribution in [3.8, 4) is 0 Å². The van der Waals surface area contributed by atoms with E-state index in [2.05, 4.69) is 75.5 Å². The van der Waals surface area contributed by atoms with Crippen LogP contribution in [0.25, 0.3) is 10.9 Å². The minimum Gasteiger partial charge on any atom is -0.252 e. The second kappa shape index (κ2) is 5.98. The molecule has 0 unspecified atom stereocenters. The van der Waals surface area contributed by atoms with E-state index in [0.717, 1.165) is 21.4 Å². The van der Waals surface area contributed by atoms with Crippen LogP contribution in [0.1, 0.15) is 11.3 Å². The molecule has 0 N–H and O–H groups in total. The van der Waals surface area contributed by atoms with Crippen molar-refractivity contribution in [1.82, 2.24) is 4.98 Å². The molecule has 2 aromatic carbocycles. The van der Waals surface area contributed by atoms with E-state index in [4.69, 9.17) is 0 Å². The molecule has 0 radical (unpaired) electrons. The van der Waals surface area contributed by atoms with Gasteiger partial charge in [0.15, 0.2) is 0 Å². The first kappa shape index (κ1) is 13.7. The van der Waals surface area contributed by atoms with Crippen LogP contribution in [0.3, 0.4) is 0 Å². The molecule has 0 bridgehead atoms. The largest absolute Gasteiger partial charge is 0.252 e. The lowest BCUT2D eigenvalue weighted by atomic mass is 10.2. The Hall–Kier alpha value is -1.32. The van der Waals surface area contributed by atoms with E-state index < -0.39 is 0 Å². The van der Waals surface area contributed by atoms with Gasteiger partial charge in [-0.3, -0.25) is 4.98 Å². The number of aryl methyl sites for hydroxylation is 1. The zero-order valence-electron chi connectivity index (χ0n) is 11.1. The van der Waals surface area contributed by atoms with Crippen molar-refractivity contribution in [2.45, 2.75) is 17.6 Å². The zero-order valence-corrected chi connectivity index (χ0v) is 13.5. The second-order valence-electron chi connectivity index (χ2n) is 4.70. The number of pyridine rings is 1. The fourth-order valence-electron chi connectivity index (χ4n) is 2.08. The summed E-state index contributed by atoms with van der Waals surface area (Å²) in [6.45, 7) is 2.04. The number of fused-ring (bicyclic) bond motifs is 1. The van der Waals surface area contributed by atoms with E-state index in [1.807, 2.05) is 18.7 Å².